The van der Waals surface area contributed by atoms with Crippen LogP contribution in [0.5, 0.6) is 0 Å². The monoisotopic (exact) mass is 375 g/mol. The first-order chi connectivity index (χ1) is 13.2. The minimum Gasteiger partial charge on any atom is -0.293 e. The molecule has 4 nitrogen and oxygen atoms in total. The number of nitrogens with zero attached hydrogens (tertiary/aromatic N) is 3. The Labute approximate surface area is 167 Å². The van der Waals surface area contributed by atoms with E-state index in [0.717, 1.165) is 36.2 Å². The molecule has 0 amide bonds. The summed E-state index contributed by atoms with van der Waals surface area (Å²) < 4.78 is 1.94. The van der Waals surface area contributed by atoms with Gasteiger partial charge in [0.25, 0.3) is 0 Å². The van der Waals surface area contributed by atoms with E-state index in [0.29, 0.717) is 0 Å². The maximum absolute atomic E-state index is 12.8. The van der Waals surface area contributed by atoms with Crippen LogP contribution in [0.2, 0.25) is 0 Å². The molecule has 0 aromatic carbocycles. The van der Waals surface area contributed by atoms with E-state index in [2.05, 4.69) is 38.6 Å². The lowest BCUT2D eigenvalue weighted by Crippen LogP contribution is -2.51. The number of hydrogen-bond acceptors (Lipinski definition) is 3. The molecule has 3 rings (SSSR count). The van der Waals surface area contributed by atoms with Gasteiger partial charge >= 0.3 is 0 Å². The zero-order chi connectivity index (χ0) is 20.7. The van der Waals surface area contributed by atoms with Gasteiger partial charge in [-0.15, -0.1) is 0 Å². The summed E-state index contributed by atoms with van der Waals surface area (Å²) in [7, 11) is 1.97. The normalized spacial score (nSPS) is 26.4. The number of allylic oxidation sites excluding steroid dienone is 7. The quantitative estimate of drug-likeness (QED) is 0.708. The van der Waals surface area contributed by atoms with E-state index in [1.54, 1.807) is 6.08 Å². The van der Waals surface area contributed by atoms with Crippen molar-refractivity contribution < 1.29 is 4.79 Å². The Morgan fingerprint density at radius 2 is 2.18 bits per heavy atom. The molecular weight excluding hydrogens is 346 g/mol. The minimum absolute atomic E-state index is 0.0461. The molecule has 0 N–H and O–H groups in total. The van der Waals surface area contributed by atoms with Gasteiger partial charge in [0.2, 0.25) is 0 Å². The molecule has 0 aliphatic heterocycles. The Kier molecular flexibility index (Phi) is 5.06. The second kappa shape index (κ2) is 7.05. The number of aryl methyl sites for hydroxylation is 1. The van der Waals surface area contributed by atoms with Crippen LogP contribution in [0.15, 0.2) is 42.5 Å². The van der Waals surface area contributed by atoms with Gasteiger partial charge in [0, 0.05) is 23.4 Å². The predicted octanol–water partition coefficient (Wildman–Crippen LogP) is 4.83. The van der Waals surface area contributed by atoms with Crippen LogP contribution in [-0.2, 0) is 23.7 Å². The van der Waals surface area contributed by atoms with Crippen LogP contribution in [0.4, 0.5) is 0 Å². The molecule has 2 aliphatic rings. The first-order valence-corrected chi connectivity index (χ1v) is 9.96. The predicted molar refractivity (Wildman–Crippen MR) is 112 cm³/mol. The zero-order valence-corrected chi connectivity index (χ0v) is 17.5. The van der Waals surface area contributed by atoms with Gasteiger partial charge in [-0.1, -0.05) is 64.7 Å². The Balaban J connectivity index is 2.25. The molecule has 0 bridgehead atoms. The van der Waals surface area contributed by atoms with Crippen molar-refractivity contribution in [1.29, 1.82) is 5.26 Å². The van der Waals surface area contributed by atoms with E-state index in [1.165, 1.54) is 5.56 Å². The summed E-state index contributed by atoms with van der Waals surface area (Å²) in [6.07, 6.45) is 12.7. The van der Waals surface area contributed by atoms with Crippen LogP contribution < -0.4 is 0 Å². The Morgan fingerprint density at radius 3 is 2.79 bits per heavy atom. The van der Waals surface area contributed by atoms with E-state index >= 15 is 0 Å². The molecule has 28 heavy (non-hydrogen) atoms. The Morgan fingerprint density at radius 1 is 1.46 bits per heavy atom. The van der Waals surface area contributed by atoms with Crippen molar-refractivity contribution in [3.8, 4) is 6.07 Å². The third-order valence-electron chi connectivity index (χ3n) is 6.43. The Hall–Kier alpha value is -2.67. The maximum atomic E-state index is 12.8. The number of aromatic nitrogens is 2. The number of carbonyl (C=O) groups is 1. The number of fused-ring (bicyclic) bond motifs is 3. The fourth-order valence-corrected chi connectivity index (χ4v) is 5.17. The molecule has 0 radical (unpaired) electrons. The molecule has 2 aliphatic carbocycles. The lowest BCUT2D eigenvalue weighted by Gasteiger charge is -2.49. The molecule has 1 heterocycles. The average molecular weight is 376 g/mol. The number of Topliss-reactive ketones (excluding diaryl/α,β-unsaturated/α-hetero) is 1. The number of hydrogen-bond donors (Lipinski definition) is 0. The van der Waals surface area contributed by atoms with Crippen molar-refractivity contribution in [1.82, 2.24) is 9.78 Å². The number of ketones is 1. The highest BCUT2D eigenvalue weighted by Crippen LogP contribution is 2.55. The molecule has 0 spiro atoms. The highest BCUT2D eigenvalue weighted by Gasteiger charge is 2.55. The van der Waals surface area contributed by atoms with Crippen LogP contribution in [0.3, 0.4) is 0 Å². The highest BCUT2D eigenvalue weighted by molar-refractivity contribution is 6.04. The lowest BCUT2D eigenvalue weighted by molar-refractivity contribution is -0.128. The molecule has 0 saturated heterocycles. The van der Waals surface area contributed by atoms with E-state index < -0.39 is 10.8 Å². The van der Waals surface area contributed by atoms with Gasteiger partial charge < -0.3 is 0 Å². The number of nitriles is 1. The third kappa shape index (κ3) is 2.81. The number of rotatable bonds is 4. The van der Waals surface area contributed by atoms with Gasteiger partial charge in [-0.25, -0.2) is 0 Å². The summed E-state index contributed by atoms with van der Waals surface area (Å²) in [5.74, 6) is 0.0769. The Bertz CT molecular complexity index is 965. The van der Waals surface area contributed by atoms with Crippen LogP contribution in [0.25, 0.3) is 5.57 Å². The average Bonchev–Trinajstić information content (AvgIpc) is 2.99. The number of carbonyl (C=O) groups excluding carboxylic acids is 1. The summed E-state index contributed by atoms with van der Waals surface area (Å²) in [4.78, 5) is 12.8. The second-order valence-corrected chi connectivity index (χ2v) is 8.56. The molecular formula is C24H29N3O. The van der Waals surface area contributed by atoms with Crippen LogP contribution in [0, 0.1) is 22.7 Å². The highest BCUT2D eigenvalue weighted by atomic mass is 16.1. The molecule has 146 valence electrons. The summed E-state index contributed by atoms with van der Waals surface area (Å²) in [5.41, 5.74) is 3.65. The lowest BCUT2D eigenvalue weighted by atomic mass is 9.52. The van der Waals surface area contributed by atoms with E-state index in [1.807, 2.05) is 37.7 Å². The van der Waals surface area contributed by atoms with Gasteiger partial charge in [0.05, 0.1) is 17.0 Å². The van der Waals surface area contributed by atoms with Crippen LogP contribution in [-0.4, -0.2) is 15.6 Å². The summed E-state index contributed by atoms with van der Waals surface area (Å²) in [5, 5.41) is 14.5. The molecule has 4 heteroatoms. The summed E-state index contributed by atoms with van der Waals surface area (Å²) >= 11 is 0. The van der Waals surface area contributed by atoms with E-state index in [-0.39, 0.29) is 17.3 Å². The van der Waals surface area contributed by atoms with Crippen molar-refractivity contribution in [3.63, 3.8) is 0 Å². The second-order valence-electron chi connectivity index (χ2n) is 8.56. The van der Waals surface area contributed by atoms with Crippen molar-refractivity contribution in [3.05, 3.63) is 59.5 Å². The smallest absolute Gasteiger partial charge is 0.178 e. The van der Waals surface area contributed by atoms with Crippen molar-refractivity contribution in [2.45, 2.75) is 52.4 Å². The first-order valence-electron chi connectivity index (χ1n) is 9.96. The summed E-state index contributed by atoms with van der Waals surface area (Å²) in [6.45, 7) is 12.1. The maximum Gasteiger partial charge on any atom is 0.178 e. The molecule has 2 unspecified atom stereocenters. The van der Waals surface area contributed by atoms with Crippen molar-refractivity contribution in [2.24, 2.45) is 18.4 Å². The first kappa shape index (κ1) is 20.1. The molecule has 2 atom stereocenters. The molecule has 1 aromatic heterocycles. The zero-order valence-electron chi connectivity index (χ0n) is 17.5. The fraction of sp³-hybridized carbons (Fsp3) is 0.458. The van der Waals surface area contributed by atoms with Gasteiger partial charge in [0.15, 0.2) is 5.78 Å². The van der Waals surface area contributed by atoms with Gasteiger partial charge in [-0.2, -0.15) is 10.4 Å². The SMILES string of the molecule is C=C/C=C(\C=C/CC)c1c2c(nn1C)C1(C)C=C(C#N)C(=O)C(C)(C)C1CC2. The van der Waals surface area contributed by atoms with Gasteiger partial charge in [-0.05, 0) is 30.8 Å². The van der Waals surface area contributed by atoms with Crippen LogP contribution in [0.1, 0.15) is 57.5 Å². The van der Waals surface area contributed by atoms with E-state index in [4.69, 9.17) is 5.10 Å². The standard InChI is InChI=1S/C24H29N3O/c1-7-9-11-16(10-8-2)20-18-12-13-19-23(3,4)22(28)17(15-25)14-24(19,5)21(18)26-27(20)6/h8-11,14,19H,2,7,12-13H2,1,3-6H3/b11-9-,16-10+. The minimum atomic E-state index is -0.578. The fourth-order valence-electron chi connectivity index (χ4n) is 5.17. The largest absolute Gasteiger partial charge is 0.293 e. The van der Waals surface area contributed by atoms with E-state index in [9.17, 15) is 10.1 Å². The van der Waals surface area contributed by atoms with Crippen molar-refractivity contribution >= 4 is 11.4 Å². The van der Waals surface area contributed by atoms with Crippen molar-refractivity contribution in [2.75, 3.05) is 0 Å². The van der Waals surface area contributed by atoms with Gasteiger partial charge in [0.1, 0.15) is 6.07 Å². The molecule has 1 aromatic rings. The summed E-state index contributed by atoms with van der Waals surface area (Å²) in [6, 6.07) is 2.13. The van der Waals surface area contributed by atoms with Crippen LogP contribution >= 0.6 is 0 Å². The topological polar surface area (TPSA) is 58.7 Å². The molecule has 0 saturated carbocycles. The third-order valence-corrected chi connectivity index (χ3v) is 6.43. The molecule has 0 fully saturated rings. The van der Waals surface area contributed by atoms with Gasteiger partial charge in [-0.3, -0.25) is 9.48 Å².